The maximum absolute atomic E-state index is 12.2. The molecule has 1 aromatic rings. The van der Waals surface area contributed by atoms with Gasteiger partial charge < -0.3 is 10.0 Å². The minimum Gasteiger partial charge on any atom is -0.481 e. The molecule has 0 aliphatic carbocycles. The zero-order valence-corrected chi connectivity index (χ0v) is 12.6. The summed E-state index contributed by atoms with van der Waals surface area (Å²) < 4.78 is 0. The van der Waals surface area contributed by atoms with Gasteiger partial charge in [-0.15, -0.1) is 0 Å². The minimum atomic E-state index is -1.03. The summed E-state index contributed by atoms with van der Waals surface area (Å²) in [6, 6.07) is 7.99. The molecule has 0 unspecified atom stereocenters. The highest BCUT2D eigenvalue weighted by Crippen LogP contribution is 2.22. The SMILES string of the molecule is CCN(Cc1cccc(C)c1)C(=O)CC(C)(C)C(=O)O. The monoisotopic (exact) mass is 277 g/mol. The average Bonchev–Trinajstić information content (AvgIpc) is 2.35. The molecule has 0 saturated carbocycles. The van der Waals surface area contributed by atoms with Crippen LogP contribution in [-0.4, -0.2) is 28.4 Å². The van der Waals surface area contributed by atoms with Crippen LogP contribution < -0.4 is 0 Å². The van der Waals surface area contributed by atoms with Crippen LogP contribution in [0.1, 0.15) is 38.3 Å². The van der Waals surface area contributed by atoms with Gasteiger partial charge in [-0.25, -0.2) is 0 Å². The van der Waals surface area contributed by atoms with E-state index in [4.69, 9.17) is 5.11 Å². The van der Waals surface area contributed by atoms with Gasteiger partial charge in [0.25, 0.3) is 0 Å². The Morgan fingerprint density at radius 1 is 1.30 bits per heavy atom. The molecule has 0 atom stereocenters. The summed E-state index contributed by atoms with van der Waals surface area (Å²) >= 11 is 0. The second-order valence-corrected chi connectivity index (χ2v) is 5.76. The lowest BCUT2D eigenvalue weighted by Crippen LogP contribution is -2.36. The zero-order valence-electron chi connectivity index (χ0n) is 12.6. The number of aryl methyl sites for hydroxylation is 1. The van der Waals surface area contributed by atoms with Crippen molar-refractivity contribution in [2.24, 2.45) is 5.41 Å². The molecule has 4 heteroatoms. The fourth-order valence-electron chi connectivity index (χ4n) is 1.97. The van der Waals surface area contributed by atoms with Crippen LogP contribution in [-0.2, 0) is 16.1 Å². The molecule has 1 rings (SSSR count). The summed E-state index contributed by atoms with van der Waals surface area (Å²) in [5, 5.41) is 9.10. The quantitative estimate of drug-likeness (QED) is 0.870. The topological polar surface area (TPSA) is 57.6 Å². The Morgan fingerprint density at radius 2 is 1.95 bits per heavy atom. The van der Waals surface area contributed by atoms with E-state index in [1.807, 2.05) is 38.1 Å². The van der Waals surface area contributed by atoms with E-state index < -0.39 is 11.4 Å². The number of carbonyl (C=O) groups excluding carboxylic acids is 1. The number of hydrogen-bond acceptors (Lipinski definition) is 2. The number of carboxylic acids is 1. The van der Waals surface area contributed by atoms with Gasteiger partial charge in [-0.05, 0) is 33.3 Å². The number of amides is 1. The predicted molar refractivity (Wildman–Crippen MR) is 78.3 cm³/mol. The van der Waals surface area contributed by atoms with Crippen LogP contribution in [0.25, 0.3) is 0 Å². The molecular weight excluding hydrogens is 254 g/mol. The Bertz CT molecular complexity index is 494. The summed E-state index contributed by atoms with van der Waals surface area (Å²) in [6.07, 6.45) is 0.0159. The number of benzene rings is 1. The van der Waals surface area contributed by atoms with Crippen molar-refractivity contribution in [2.45, 2.75) is 40.7 Å². The lowest BCUT2D eigenvalue weighted by atomic mass is 9.89. The van der Waals surface area contributed by atoms with Crippen LogP contribution >= 0.6 is 0 Å². The summed E-state index contributed by atoms with van der Waals surface area (Å²) in [6.45, 7) is 8.16. The molecule has 0 aliphatic heterocycles. The molecule has 110 valence electrons. The molecule has 0 fully saturated rings. The van der Waals surface area contributed by atoms with Crippen LogP contribution in [0.4, 0.5) is 0 Å². The number of rotatable bonds is 6. The third-order valence-electron chi connectivity index (χ3n) is 3.36. The van der Waals surface area contributed by atoms with E-state index in [0.717, 1.165) is 11.1 Å². The Kier molecular flexibility index (Phi) is 5.31. The Balaban J connectivity index is 2.76. The number of aliphatic carboxylic acids is 1. The van der Waals surface area contributed by atoms with Crippen molar-refractivity contribution in [2.75, 3.05) is 6.54 Å². The van der Waals surface area contributed by atoms with Crippen molar-refractivity contribution >= 4 is 11.9 Å². The Hall–Kier alpha value is -1.84. The van der Waals surface area contributed by atoms with Crippen molar-refractivity contribution in [3.05, 3.63) is 35.4 Å². The highest BCUT2D eigenvalue weighted by molar-refractivity contribution is 5.84. The summed E-state index contributed by atoms with van der Waals surface area (Å²) in [7, 11) is 0. The van der Waals surface area contributed by atoms with Gasteiger partial charge in [0, 0.05) is 19.5 Å². The molecule has 0 aromatic heterocycles. The second kappa shape index (κ2) is 6.55. The van der Waals surface area contributed by atoms with Crippen LogP contribution in [0.5, 0.6) is 0 Å². The minimum absolute atomic E-state index is 0.0159. The summed E-state index contributed by atoms with van der Waals surface area (Å²) in [5.74, 6) is -1.07. The normalized spacial score (nSPS) is 11.2. The molecule has 1 aromatic carbocycles. The maximum atomic E-state index is 12.2. The van der Waals surface area contributed by atoms with Gasteiger partial charge in [-0.2, -0.15) is 0 Å². The molecule has 0 aliphatic rings. The van der Waals surface area contributed by atoms with Gasteiger partial charge in [-0.3, -0.25) is 9.59 Å². The van der Waals surface area contributed by atoms with E-state index in [0.29, 0.717) is 13.1 Å². The molecule has 0 saturated heterocycles. The third kappa shape index (κ3) is 4.37. The molecule has 0 heterocycles. The molecule has 1 amide bonds. The van der Waals surface area contributed by atoms with Gasteiger partial charge in [0.1, 0.15) is 0 Å². The first-order valence-corrected chi connectivity index (χ1v) is 6.83. The van der Waals surface area contributed by atoms with Gasteiger partial charge >= 0.3 is 5.97 Å². The molecule has 20 heavy (non-hydrogen) atoms. The van der Waals surface area contributed by atoms with Crippen LogP contribution in [0.3, 0.4) is 0 Å². The Labute approximate surface area is 120 Å². The van der Waals surface area contributed by atoms with Crippen molar-refractivity contribution in [3.8, 4) is 0 Å². The molecule has 4 nitrogen and oxygen atoms in total. The van der Waals surface area contributed by atoms with E-state index in [1.54, 1.807) is 18.7 Å². The largest absolute Gasteiger partial charge is 0.481 e. The molecule has 1 N–H and O–H groups in total. The van der Waals surface area contributed by atoms with E-state index in [2.05, 4.69) is 0 Å². The van der Waals surface area contributed by atoms with Crippen molar-refractivity contribution in [3.63, 3.8) is 0 Å². The van der Waals surface area contributed by atoms with E-state index in [9.17, 15) is 9.59 Å². The highest BCUT2D eigenvalue weighted by Gasteiger charge is 2.31. The van der Waals surface area contributed by atoms with Crippen molar-refractivity contribution in [1.82, 2.24) is 4.90 Å². The van der Waals surface area contributed by atoms with E-state index >= 15 is 0 Å². The number of hydrogen-bond donors (Lipinski definition) is 1. The van der Waals surface area contributed by atoms with Crippen molar-refractivity contribution in [1.29, 1.82) is 0 Å². The first-order valence-electron chi connectivity index (χ1n) is 6.83. The molecule has 0 bridgehead atoms. The van der Waals surface area contributed by atoms with Crippen LogP contribution in [0, 0.1) is 12.3 Å². The van der Waals surface area contributed by atoms with Crippen LogP contribution in [0.15, 0.2) is 24.3 Å². The smallest absolute Gasteiger partial charge is 0.309 e. The molecule has 0 spiro atoms. The summed E-state index contributed by atoms with van der Waals surface area (Å²) in [5.41, 5.74) is 1.18. The van der Waals surface area contributed by atoms with Crippen LogP contribution in [0.2, 0.25) is 0 Å². The number of nitrogens with zero attached hydrogens (tertiary/aromatic N) is 1. The maximum Gasteiger partial charge on any atom is 0.309 e. The van der Waals surface area contributed by atoms with Crippen molar-refractivity contribution < 1.29 is 14.7 Å². The van der Waals surface area contributed by atoms with Gasteiger partial charge in [0.15, 0.2) is 0 Å². The number of carbonyl (C=O) groups is 2. The van der Waals surface area contributed by atoms with E-state index in [1.165, 1.54) is 0 Å². The molecular formula is C16H23NO3. The first-order chi connectivity index (χ1) is 9.26. The van der Waals surface area contributed by atoms with Gasteiger partial charge in [0.05, 0.1) is 5.41 Å². The standard InChI is InChI=1S/C16H23NO3/c1-5-17(11-13-8-6-7-12(2)9-13)14(18)10-16(3,4)15(19)20/h6-9H,5,10-11H2,1-4H3,(H,19,20). The highest BCUT2D eigenvalue weighted by atomic mass is 16.4. The lowest BCUT2D eigenvalue weighted by molar-refractivity contribution is -0.151. The summed E-state index contributed by atoms with van der Waals surface area (Å²) in [4.78, 5) is 25.0. The van der Waals surface area contributed by atoms with E-state index in [-0.39, 0.29) is 12.3 Å². The first kappa shape index (κ1) is 16.2. The predicted octanol–water partition coefficient (Wildman–Crippen LogP) is 2.84. The number of carboxylic acid groups (broad SMARTS) is 1. The lowest BCUT2D eigenvalue weighted by Gasteiger charge is -2.26. The third-order valence-corrected chi connectivity index (χ3v) is 3.36. The second-order valence-electron chi connectivity index (χ2n) is 5.76. The zero-order chi connectivity index (χ0) is 15.3. The van der Waals surface area contributed by atoms with Gasteiger partial charge in [-0.1, -0.05) is 29.8 Å². The molecule has 0 radical (unpaired) electrons. The average molecular weight is 277 g/mol. The fraction of sp³-hybridized carbons (Fsp3) is 0.500. The Morgan fingerprint density at radius 3 is 2.45 bits per heavy atom. The fourth-order valence-corrected chi connectivity index (χ4v) is 1.97. The van der Waals surface area contributed by atoms with Gasteiger partial charge in [0.2, 0.25) is 5.91 Å².